The third-order valence-electron chi connectivity index (χ3n) is 3.63. The van der Waals surface area contributed by atoms with E-state index in [-0.39, 0.29) is 0 Å². The Balaban J connectivity index is 0.000000160. The maximum Gasteiger partial charge on any atom is 0.00399 e. The zero-order valence-corrected chi connectivity index (χ0v) is 10.3. The van der Waals surface area contributed by atoms with E-state index in [1.54, 1.807) is 0 Å². The Labute approximate surface area is 99.1 Å². The largest absolute Gasteiger partial charge is 0.328 e. The molecule has 0 bridgehead atoms. The topological polar surface area (TPSA) is 104 Å². The third kappa shape index (κ3) is 5.80. The van der Waals surface area contributed by atoms with Crippen LogP contribution in [0.2, 0.25) is 0 Å². The van der Waals surface area contributed by atoms with Crippen LogP contribution in [0.3, 0.4) is 0 Å². The van der Waals surface area contributed by atoms with Crippen LogP contribution in [0.25, 0.3) is 0 Å². The number of hydrogen-bond donors (Lipinski definition) is 4. The summed E-state index contributed by atoms with van der Waals surface area (Å²) in [7, 11) is 0. The van der Waals surface area contributed by atoms with Crippen LogP contribution < -0.4 is 22.9 Å². The molecule has 16 heavy (non-hydrogen) atoms. The van der Waals surface area contributed by atoms with Gasteiger partial charge in [-0.05, 0) is 51.4 Å². The van der Waals surface area contributed by atoms with Gasteiger partial charge in [0.05, 0.1) is 0 Å². The van der Waals surface area contributed by atoms with Crippen molar-refractivity contribution in [2.24, 2.45) is 22.9 Å². The normalized spacial score (nSPS) is 39.8. The van der Waals surface area contributed by atoms with E-state index in [9.17, 15) is 0 Å². The van der Waals surface area contributed by atoms with E-state index in [4.69, 9.17) is 22.9 Å². The van der Waals surface area contributed by atoms with Gasteiger partial charge in [0.2, 0.25) is 0 Å². The van der Waals surface area contributed by atoms with Crippen molar-refractivity contribution in [3.05, 3.63) is 0 Å². The van der Waals surface area contributed by atoms with E-state index in [2.05, 4.69) is 0 Å². The fourth-order valence-corrected chi connectivity index (χ4v) is 2.29. The lowest BCUT2D eigenvalue weighted by molar-refractivity contribution is 0.395. The van der Waals surface area contributed by atoms with Crippen LogP contribution in [-0.4, -0.2) is 24.2 Å². The van der Waals surface area contributed by atoms with Crippen molar-refractivity contribution in [1.82, 2.24) is 0 Å². The molecule has 0 aliphatic heterocycles. The smallest absolute Gasteiger partial charge is 0.00399 e. The number of nitrogens with two attached hydrogens (primary N) is 4. The summed E-state index contributed by atoms with van der Waals surface area (Å²) in [5, 5.41) is 0. The van der Waals surface area contributed by atoms with Crippen LogP contribution in [0.1, 0.15) is 51.4 Å². The Morgan fingerprint density at radius 3 is 0.625 bits per heavy atom. The highest BCUT2D eigenvalue weighted by Gasteiger charge is 2.14. The van der Waals surface area contributed by atoms with Crippen molar-refractivity contribution < 1.29 is 0 Å². The van der Waals surface area contributed by atoms with Gasteiger partial charge in [0.25, 0.3) is 0 Å². The lowest BCUT2D eigenvalue weighted by atomic mass is 9.93. The number of rotatable bonds is 0. The monoisotopic (exact) mass is 228 g/mol. The van der Waals surface area contributed by atoms with Gasteiger partial charge in [-0.15, -0.1) is 0 Å². The second kappa shape index (κ2) is 7.22. The molecule has 2 saturated carbocycles. The maximum atomic E-state index is 5.64. The van der Waals surface area contributed by atoms with Crippen molar-refractivity contribution in [1.29, 1.82) is 0 Å². The maximum absolute atomic E-state index is 5.64. The van der Waals surface area contributed by atoms with Crippen LogP contribution in [0.4, 0.5) is 0 Å². The average molecular weight is 228 g/mol. The van der Waals surface area contributed by atoms with E-state index < -0.39 is 0 Å². The molecular weight excluding hydrogens is 200 g/mol. The molecule has 4 nitrogen and oxygen atoms in total. The van der Waals surface area contributed by atoms with Gasteiger partial charge in [-0.2, -0.15) is 0 Å². The Morgan fingerprint density at radius 2 is 0.500 bits per heavy atom. The van der Waals surface area contributed by atoms with Crippen molar-refractivity contribution >= 4 is 0 Å². The second-order valence-electron chi connectivity index (χ2n) is 5.35. The summed E-state index contributed by atoms with van der Waals surface area (Å²) in [5.74, 6) is 0. The molecule has 4 heteroatoms. The van der Waals surface area contributed by atoms with E-state index in [0.29, 0.717) is 24.2 Å². The van der Waals surface area contributed by atoms with Gasteiger partial charge in [-0.3, -0.25) is 0 Å². The van der Waals surface area contributed by atoms with E-state index >= 15 is 0 Å². The van der Waals surface area contributed by atoms with Gasteiger partial charge in [-0.25, -0.2) is 0 Å². The summed E-state index contributed by atoms with van der Waals surface area (Å²) in [6.45, 7) is 0. The Bertz CT molecular complexity index is 130. The predicted octanol–water partition coefficient (Wildman–Crippen LogP) is 0.430. The first-order valence-corrected chi connectivity index (χ1v) is 6.60. The lowest BCUT2D eigenvalue weighted by Crippen LogP contribution is -2.33. The van der Waals surface area contributed by atoms with Crippen molar-refractivity contribution in [3.63, 3.8) is 0 Å². The predicted molar refractivity (Wildman–Crippen MR) is 68.8 cm³/mol. The van der Waals surface area contributed by atoms with Crippen molar-refractivity contribution in [3.8, 4) is 0 Å². The molecule has 0 atom stereocenters. The molecule has 2 fully saturated rings. The molecule has 0 spiro atoms. The molecule has 0 heterocycles. The summed E-state index contributed by atoms with van der Waals surface area (Å²) in [5.41, 5.74) is 22.6. The van der Waals surface area contributed by atoms with Crippen molar-refractivity contribution in [2.75, 3.05) is 0 Å². The minimum atomic E-state index is 0.440. The molecule has 2 aliphatic carbocycles. The van der Waals surface area contributed by atoms with Gasteiger partial charge >= 0.3 is 0 Å². The van der Waals surface area contributed by atoms with Crippen LogP contribution >= 0.6 is 0 Å². The second-order valence-corrected chi connectivity index (χ2v) is 5.35. The Kier molecular flexibility index (Phi) is 6.28. The molecule has 0 saturated heterocycles. The highest BCUT2D eigenvalue weighted by Crippen LogP contribution is 2.14. The highest BCUT2D eigenvalue weighted by molar-refractivity contribution is 4.76. The van der Waals surface area contributed by atoms with E-state index in [0.717, 1.165) is 51.4 Å². The van der Waals surface area contributed by atoms with Crippen LogP contribution in [0, 0.1) is 0 Å². The SMILES string of the molecule is N[C@H]1CC[C@@H](N)CC1.N[C@H]1CC[C@H](N)CC1. The molecule has 0 unspecified atom stereocenters. The van der Waals surface area contributed by atoms with Gasteiger partial charge in [0.1, 0.15) is 0 Å². The van der Waals surface area contributed by atoms with E-state index in [1.807, 2.05) is 0 Å². The Hall–Kier alpha value is -0.160. The van der Waals surface area contributed by atoms with Gasteiger partial charge in [0, 0.05) is 24.2 Å². The zero-order chi connectivity index (χ0) is 12.0. The van der Waals surface area contributed by atoms with Gasteiger partial charge < -0.3 is 22.9 Å². The summed E-state index contributed by atoms with van der Waals surface area (Å²) < 4.78 is 0. The first kappa shape index (κ1) is 13.9. The molecular formula is C12H28N4. The highest BCUT2D eigenvalue weighted by atomic mass is 14.7. The molecule has 2 rings (SSSR count). The summed E-state index contributed by atoms with van der Waals surface area (Å²) in [6.07, 6.45) is 9.01. The third-order valence-corrected chi connectivity index (χ3v) is 3.63. The van der Waals surface area contributed by atoms with Crippen molar-refractivity contribution in [2.45, 2.75) is 75.5 Å². The average Bonchev–Trinajstić information content (AvgIpc) is 2.28. The number of hydrogen-bond acceptors (Lipinski definition) is 4. The molecule has 0 aromatic heterocycles. The molecule has 0 radical (unpaired) electrons. The molecule has 0 aromatic carbocycles. The quantitative estimate of drug-likeness (QED) is 0.482. The van der Waals surface area contributed by atoms with Crippen LogP contribution in [0.5, 0.6) is 0 Å². The first-order valence-electron chi connectivity index (χ1n) is 6.60. The zero-order valence-electron chi connectivity index (χ0n) is 10.3. The van der Waals surface area contributed by atoms with Gasteiger partial charge in [0.15, 0.2) is 0 Å². The minimum Gasteiger partial charge on any atom is -0.328 e. The van der Waals surface area contributed by atoms with Crippen LogP contribution in [0.15, 0.2) is 0 Å². The van der Waals surface area contributed by atoms with Crippen LogP contribution in [-0.2, 0) is 0 Å². The molecule has 0 amide bonds. The molecule has 2 aliphatic rings. The first-order chi connectivity index (χ1) is 7.58. The summed E-state index contributed by atoms with van der Waals surface area (Å²) >= 11 is 0. The molecule has 8 N–H and O–H groups in total. The summed E-state index contributed by atoms with van der Waals surface area (Å²) in [4.78, 5) is 0. The fourth-order valence-electron chi connectivity index (χ4n) is 2.29. The molecule has 0 aromatic rings. The summed E-state index contributed by atoms with van der Waals surface area (Å²) in [6, 6.07) is 1.76. The van der Waals surface area contributed by atoms with E-state index in [1.165, 1.54) is 0 Å². The molecule has 96 valence electrons. The Morgan fingerprint density at radius 1 is 0.375 bits per heavy atom. The standard InChI is InChI=1S/2C6H14N2/c2*7-5-1-2-6(8)4-3-5/h2*5-6H,1-4,7-8H2/t5-,6+;5-,6-. The minimum absolute atomic E-state index is 0.440. The fraction of sp³-hybridized carbons (Fsp3) is 1.00. The van der Waals surface area contributed by atoms with Gasteiger partial charge in [-0.1, -0.05) is 0 Å². The lowest BCUT2D eigenvalue weighted by Gasteiger charge is -2.22.